The van der Waals surface area contributed by atoms with Gasteiger partial charge < -0.3 is 31.1 Å². The zero-order valence-electron chi connectivity index (χ0n) is 18.5. The van der Waals surface area contributed by atoms with Crippen molar-refractivity contribution in [2.75, 3.05) is 23.9 Å². The lowest BCUT2D eigenvalue weighted by molar-refractivity contribution is -0.752. The van der Waals surface area contributed by atoms with Crippen LogP contribution in [0.5, 0.6) is 0 Å². The monoisotopic (exact) mass is 520 g/mol. The lowest BCUT2D eigenvalue weighted by atomic mass is 10.0. The molecule has 3 amide bonds. The fraction of sp³-hybridized carbons (Fsp3) is 0.316. The number of nitrogen functional groups attached to an aromatic ring is 1. The van der Waals surface area contributed by atoms with E-state index >= 15 is 0 Å². The smallest absolute Gasteiger partial charge is 0.276 e. The van der Waals surface area contributed by atoms with Crippen molar-refractivity contribution in [2.45, 2.75) is 18.0 Å². The summed E-state index contributed by atoms with van der Waals surface area (Å²) in [5.74, 6) is -2.53. The number of carbonyl (C=O) groups is 4. The summed E-state index contributed by atoms with van der Waals surface area (Å²) in [5.41, 5.74) is 6.39. The molecule has 35 heavy (non-hydrogen) atoms. The highest BCUT2D eigenvalue weighted by molar-refractivity contribution is 8.00. The van der Waals surface area contributed by atoms with Crippen LogP contribution in [0.1, 0.15) is 5.69 Å². The van der Waals surface area contributed by atoms with E-state index in [-0.39, 0.29) is 34.5 Å². The maximum absolute atomic E-state index is 12.9. The molecule has 0 spiro atoms. The topological polar surface area (TPSA) is 188 Å². The molecule has 0 aliphatic carbocycles. The van der Waals surface area contributed by atoms with Gasteiger partial charge in [0.1, 0.15) is 36.5 Å². The normalized spacial score (nSPS) is 19.7. The van der Waals surface area contributed by atoms with Crippen LogP contribution in [-0.2, 0) is 37.6 Å². The molecule has 2 atom stereocenters. The minimum absolute atomic E-state index is 0.150. The highest BCUT2D eigenvalue weighted by Crippen LogP contribution is 2.40. The van der Waals surface area contributed by atoms with E-state index in [1.807, 2.05) is 0 Å². The van der Waals surface area contributed by atoms with Gasteiger partial charge in [-0.25, -0.2) is 4.98 Å². The van der Waals surface area contributed by atoms with Gasteiger partial charge >= 0.3 is 0 Å². The fourth-order valence-corrected chi connectivity index (χ4v) is 5.63. The summed E-state index contributed by atoms with van der Waals surface area (Å²) in [6, 6.07) is -0.979. The number of hydrogen-bond acceptors (Lipinski definition) is 11. The number of oxime groups is 1. The third kappa shape index (κ3) is 4.57. The van der Waals surface area contributed by atoms with E-state index in [2.05, 4.69) is 20.8 Å². The van der Waals surface area contributed by atoms with Crippen LogP contribution in [0.15, 0.2) is 34.2 Å². The molecule has 1 fully saturated rings. The molecule has 0 aromatic carbocycles. The first kappa shape index (κ1) is 24.2. The summed E-state index contributed by atoms with van der Waals surface area (Å²) < 4.78 is 3.35. The summed E-state index contributed by atoms with van der Waals surface area (Å²) >= 11 is 2.42. The molecule has 2 aromatic rings. The Bertz CT molecular complexity index is 1270. The van der Waals surface area contributed by atoms with Crippen molar-refractivity contribution in [1.82, 2.24) is 19.9 Å². The van der Waals surface area contributed by atoms with Crippen LogP contribution in [0, 0.1) is 0 Å². The number of carboxylic acid groups (broad SMARTS) is 1. The predicted molar refractivity (Wildman–Crippen MR) is 122 cm³/mol. The first-order valence-corrected chi connectivity index (χ1v) is 12.0. The number of thiazole rings is 1. The Labute approximate surface area is 206 Å². The zero-order valence-corrected chi connectivity index (χ0v) is 20.1. The first-order valence-electron chi connectivity index (χ1n) is 10.0. The average molecular weight is 521 g/mol. The molecule has 0 unspecified atom stereocenters. The van der Waals surface area contributed by atoms with E-state index in [4.69, 9.17) is 10.6 Å². The number of nitrogens with zero attached hydrogens (tertiary/aromatic N) is 5. The molecule has 4 heterocycles. The van der Waals surface area contributed by atoms with Gasteiger partial charge in [0.2, 0.25) is 12.6 Å². The summed E-state index contributed by atoms with van der Waals surface area (Å²) in [4.78, 5) is 58.3. The number of rotatable bonds is 9. The number of aryl methyl sites for hydroxylation is 1. The minimum atomic E-state index is -1.50. The molecule has 0 radical (unpaired) electrons. The molecule has 0 bridgehead atoms. The number of nitrogens with one attached hydrogen (secondary N) is 2. The van der Waals surface area contributed by atoms with Crippen LogP contribution in [0.2, 0.25) is 0 Å². The van der Waals surface area contributed by atoms with Crippen LogP contribution in [0.3, 0.4) is 0 Å². The van der Waals surface area contributed by atoms with Crippen molar-refractivity contribution >= 4 is 63.8 Å². The highest BCUT2D eigenvalue weighted by Gasteiger charge is 2.53. The van der Waals surface area contributed by atoms with Gasteiger partial charge in [-0.1, -0.05) is 5.16 Å². The van der Waals surface area contributed by atoms with E-state index in [1.165, 1.54) is 24.3 Å². The molecule has 0 saturated carbocycles. The van der Waals surface area contributed by atoms with Crippen molar-refractivity contribution in [3.63, 3.8) is 0 Å². The molecule has 2 aromatic heterocycles. The standard InChI is InChI=1S/C19H20N8O6S2/c1-25-4-10(21-8-28)5-26(25)3-9-6-34-17-13(16(30)27(17)14(9)18(31)32)23-15(29)12(24-33-2)11-7-35-19(20)22-11/h4-5,7-8,13,17H,3,6H2,1-2H3,(H4-,20,21,22,23,28,29,31,32)/t13-,17-/m1/s1. The van der Waals surface area contributed by atoms with Crippen LogP contribution >= 0.6 is 23.1 Å². The molecule has 2 aliphatic heterocycles. The fourth-order valence-electron chi connectivity index (χ4n) is 3.75. The number of thioether (sulfide) groups is 1. The van der Waals surface area contributed by atoms with E-state index in [1.54, 1.807) is 28.8 Å². The summed E-state index contributed by atoms with van der Waals surface area (Å²) in [6.45, 7) is 0.150. The lowest BCUT2D eigenvalue weighted by Crippen LogP contribution is -2.71. The van der Waals surface area contributed by atoms with Crippen LogP contribution in [-0.4, -0.2) is 68.7 Å². The molecular formula is C19H20N8O6S2. The number of carboxylic acids is 1. The second kappa shape index (κ2) is 9.75. The number of anilines is 2. The van der Waals surface area contributed by atoms with Gasteiger partial charge in [-0.15, -0.1) is 27.8 Å². The minimum Gasteiger partial charge on any atom is -0.543 e. The highest BCUT2D eigenvalue weighted by atomic mass is 32.2. The number of carbonyl (C=O) groups excluding carboxylic acids is 4. The predicted octanol–water partition coefficient (Wildman–Crippen LogP) is -2.63. The van der Waals surface area contributed by atoms with Gasteiger partial charge in [-0.2, -0.15) is 4.68 Å². The summed E-state index contributed by atoms with van der Waals surface area (Å²) in [6.07, 6.45) is 3.82. The Morgan fingerprint density at radius 1 is 1.49 bits per heavy atom. The largest absolute Gasteiger partial charge is 0.543 e. The van der Waals surface area contributed by atoms with Crippen LogP contribution in [0.4, 0.5) is 10.8 Å². The van der Waals surface area contributed by atoms with Crippen molar-refractivity contribution in [2.24, 2.45) is 12.2 Å². The number of aliphatic carboxylic acids is 1. The van der Waals surface area contributed by atoms with Gasteiger partial charge in [-0.3, -0.25) is 19.3 Å². The van der Waals surface area contributed by atoms with Crippen molar-refractivity contribution in [3.8, 4) is 0 Å². The van der Waals surface area contributed by atoms with Crippen molar-refractivity contribution in [3.05, 3.63) is 34.7 Å². The average Bonchev–Trinajstić information content (AvgIpc) is 3.40. The summed E-state index contributed by atoms with van der Waals surface area (Å²) in [5, 5.41) is 21.9. The molecule has 4 rings (SSSR count). The van der Waals surface area contributed by atoms with Gasteiger partial charge in [-0.05, 0) is 5.57 Å². The Morgan fingerprint density at radius 3 is 2.89 bits per heavy atom. The maximum atomic E-state index is 12.9. The second-order valence-electron chi connectivity index (χ2n) is 7.44. The Kier molecular flexibility index (Phi) is 6.74. The Morgan fingerprint density at radius 2 is 2.26 bits per heavy atom. The number of amides is 3. The van der Waals surface area contributed by atoms with Gasteiger partial charge in [0.15, 0.2) is 17.9 Å². The lowest BCUT2D eigenvalue weighted by Gasteiger charge is -2.50. The van der Waals surface area contributed by atoms with Crippen LogP contribution in [0.25, 0.3) is 0 Å². The second-order valence-corrected chi connectivity index (χ2v) is 9.44. The molecule has 14 nitrogen and oxygen atoms in total. The van der Waals surface area contributed by atoms with E-state index in [0.29, 0.717) is 17.7 Å². The number of β-lactam (4-membered cyclic amide) rings is 1. The van der Waals surface area contributed by atoms with E-state index < -0.39 is 29.2 Å². The molecular weight excluding hydrogens is 500 g/mol. The molecule has 16 heteroatoms. The van der Waals surface area contributed by atoms with Gasteiger partial charge in [0.25, 0.3) is 11.8 Å². The molecule has 2 aliphatic rings. The number of fused-ring (bicyclic) bond motifs is 1. The number of nitrogens with two attached hydrogens (primary N) is 1. The molecule has 4 N–H and O–H groups in total. The zero-order chi connectivity index (χ0) is 25.3. The molecule has 184 valence electrons. The maximum Gasteiger partial charge on any atom is 0.276 e. The van der Waals surface area contributed by atoms with E-state index in [9.17, 15) is 24.3 Å². The quantitative estimate of drug-likeness (QED) is 0.104. The Hall–Kier alpha value is -3.92. The third-order valence-electron chi connectivity index (χ3n) is 5.29. The number of aromatic nitrogens is 3. The van der Waals surface area contributed by atoms with Crippen molar-refractivity contribution in [1.29, 1.82) is 0 Å². The summed E-state index contributed by atoms with van der Waals surface area (Å²) in [7, 11) is 2.99. The van der Waals surface area contributed by atoms with Gasteiger partial charge in [0, 0.05) is 11.1 Å². The van der Waals surface area contributed by atoms with Gasteiger partial charge in [0.05, 0.1) is 17.9 Å². The number of hydrogen-bond donors (Lipinski definition) is 3. The van der Waals surface area contributed by atoms with Crippen LogP contribution < -0.4 is 26.2 Å². The molecule has 1 saturated heterocycles. The third-order valence-corrected chi connectivity index (χ3v) is 7.30. The SMILES string of the molecule is CON=C(C(=O)N[C@@H]1C(=O)N2C(C(=O)[O-])=C(Cn3cc(NC=O)c[n+]3C)CS[C@H]12)c1csc(N)n1. The first-order chi connectivity index (χ1) is 16.7. The Balaban J connectivity index is 1.53. The van der Waals surface area contributed by atoms with E-state index in [0.717, 1.165) is 16.2 Å². The van der Waals surface area contributed by atoms with Crippen molar-refractivity contribution < 1.29 is 33.8 Å².